The van der Waals surface area contributed by atoms with E-state index in [4.69, 9.17) is 0 Å². The molecule has 0 aliphatic carbocycles. The van der Waals surface area contributed by atoms with E-state index in [9.17, 15) is 4.79 Å². The topological polar surface area (TPSA) is 51.2 Å². The van der Waals surface area contributed by atoms with Gasteiger partial charge in [-0.15, -0.1) is 0 Å². The van der Waals surface area contributed by atoms with Gasteiger partial charge in [-0.25, -0.2) is 0 Å². The van der Waals surface area contributed by atoms with Gasteiger partial charge in [0.15, 0.2) is 6.29 Å². The lowest BCUT2D eigenvalue weighted by atomic mass is 10.2. The minimum absolute atomic E-state index is 0.553. The van der Waals surface area contributed by atoms with E-state index in [1.165, 1.54) is 0 Å². The Bertz CT molecular complexity index is 334. The van der Waals surface area contributed by atoms with E-state index in [0.717, 1.165) is 50.3 Å². The molecule has 0 aromatic rings. The summed E-state index contributed by atoms with van der Waals surface area (Å²) in [6.07, 6.45) is 1.75. The number of hydrogen-bond donors (Lipinski definition) is 1. The highest BCUT2D eigenvalue weighted by molar-refractivity contribution is 5.73. The molecule has 1 heterocycles. The zero-order valence-corrected chi connectivity index (χ0v) is 12.2. The maximum Gasteiger partial charge on any atom is 0.167 e. The molecule has 0 spiro atoms. The van der Waals surface area contributed by atoms with Gasteiger partial charge < -0.3 is 15.1 Å². The van der Waals surface area contributed by atoms with E-state index < -0.39 is 0 Å². The fourth-order valence-electron chi connectivity index (χ4n) is 2.04. The number of hydrazone groups is 1. The molecule has 0 amide bonds. The zero-order chi connectivity index (χ0) is 14.3. The van der Waals surface area contributed by atoms with Crippen LogP contribution in [0.5, 0.6) is 0 Å². The van der Waals surface area contributed by atoms with E-state index >= 15 is 0 Å². The van der Waals surface area contributed by atoms with Crippen molar-refractivity contribution in [3.05, 3.63) is 11.4 Å². The van der Waals surface area contributed by atoms with Crippen molar-refractivity contribution in [1.29, 1.82) is 0 Å². The second-order valence-corrected chi connectivity index (χ2v) is 4.76. The highest BCUT2D eigenvalue weighted by Crippen LogP contribution is 2.12. The molecule has 0 aromatic heterocycles. The summed E-state index contributed by atoms with van der Waals surface area (Å²) in [6.45, 7) is 9.83. The average Bonchev–Trinajstić information content (AvgIpc) is 2.44. The quantitative estimate of drug-likeness (QED) is 0.234. The van der Waals surface area contributed by atoms with Gasteiger partial charge in [0.2, 0.25) is 0 Å². The minimum Gasteiger partial charge on any atom is -0.368 e. The van der Waals surface area contributed by atoms with Crippen LogP contribution < -0.4 is 5.32 Å². The van der Waals surface area contributed by atoms with Crippen molar-refractivity contribution in [2.75, 3.05) is 46.9 Å². The van der Waals surface area contributed by atoms with Gasteiger partial charge in [-0.1, -0.05) is 6.92 Å². The van der Waals surface area contributed by atoms with E-state index in [0.29, 0.717) is 6.67 Å². The summed E-state index contributed by atoms with van der Waals surface area (Å²) >= 11 is 0. The Morgan fingerprint density at radius 2 is 2.05 bits per heavy atom. The molecular formula is C13H25N5O. The summed E-state index contributed by atoms with van der Waals surface area (Å²) < 4.78 is 0. The Kier molecular flexibility index (Phi) is 6.35. The second-order valence-electron chi connectivity index (χ2n) is 4.76. The number of piperazine rings is 1. The monoisotopic (exact) mass is 267 g/mol. The van der Waals surface area contributed by atoms with Gasteiger partial charge >= 0.3 is 0 Å². The van der Waals surface area contributed by atoms with Gasteiger partial charge in [-0.3, -0.25) is 9.80 Å². The van der Waals surface area contributed by atoms with Crippen LogP contribution in [0.3, 0.4) is 0 Å². The third-order valence-electron chi connectivity index (χ3n) is 3.38. The Balaban J connectivity index is 2.73. The van der Waals surface area contributed by atoms with Crippen LogP contribution in [0.1, 0.15) is 13.3 Å². The predicted molar refractivity (Wildman–Crippen MR) is 77.8 cm³/mol. The van der Waals surface area contributed by atoms with Crippen molar-refractivity contribution in [1.82, 2.24) is 20.1 Å². The van der Waals surface area contributed by atoms with Crippen molar-refractivity contribution in [2.24, 2.45) is 5.10 Å². The lowest BCUT2D eigenvalue weighted by molar-refractivity contribution is -0.106. The van der Waals surface area contributed by atoms with E-state index in [2.05, 4.69) is 34.0 Å². The SMILES string of the molecule is C=NN(C)CN/C(CC)=C(\C=O)N1CCN(C)CC1. The molecule has 1 saturated heterocycles. The maximum absolute atomic E-state index is 11.4. The van der Waals surface area contributed by atoms with Crippen molar-refractivity contribution in [3.63, 3.8) is 0 Å². The molecule has 19 heavy (non-hydrogen) atoms. The number of nitrogens with zero attached hydrogens (tertiary/aromatic N) is 4. The molecule has 1 aliphatic heterocycles. The number of carbonyl (C=O) groups is 1. The number of hydrogen-bond acceptors (Lipinski definition) is 6. The highest BCUT2D eigenvalue weighted by atomic mass is 16.1. The number of carbonyl (C=O) groups excluding carboxylic acids is 1. The van der Waals surface area contributed by atoms with Gasteiger partial charge in [0.25, 0.3) is 0 Å². The average molecular weight is 267 g/mol. The Morgan fingerprint density at radius 1 is 1.42 bits per heavy atom. The molecule has 0 radical (unpaired) electrons. The number of nitrogens with one attached hydrogen (secondary N) is 1. The molecule has 108 valence electrons. The fraction of sp³-hybridized carbons (Fsp3) is 0.692. The van der Waals surface area contributed by atoms with Crippen molar-refractivity contribution in [2.45, 2.75) is 13.3 Å². The van der Waals surface area contributed by atoms with Gasteiger partial charge in [0, 0.05) is 45.6 Å². The molecular weight excluding hydrogens is 242 g/mol. The number of likely N-dealkylation sites (N-methyl/N-ethyl adjacent to an activating group) is 1. The molecule has 1 aliphatic rings. The first kappa shape index (κ1) is 15.5. The molecule has 6 heteroatoms. The summed E-state index contributed by atoms with van der Waals surface area (Å²) in [6, 6.07) is 0. The first-order valence-corrected chi connectivity index (χ1v) is 6.65. The number of allylic oxidation sites excluding steroid dienone is 2. The number of aldehydes is 1. The van der Waals surface area contributed by atoms with Crippen molar-refractivity contribution >= 4 is 13.0 Å². The van der Waals surface area contributed by atoms with Gasteiger partial charge in [0.1, 0.15) is 6.67 Å². The van der Waals surface area contributed by atoms with Gasteiger partial charge in [0.05, 0.1) is 5.70 Å². The third-order valence-corrected chi connectivity index (χ3v) is 3.38. The molecule has 0 atom stereocenters. The third kappa shape index (κ3) is 4.55. The molecule has 0 unspecified atom stereocenters. The maximum atomic E-state index is 11.4. The van der Waals surface area contributed by atoms with Crippen molar-refractivity contribution < 1.29 is 4.79 Å². The van der Waals surface area contributed by atoms with Crippen LogP contribution in [0.25, 0.3) is 0 Å². The molecule has 1 rings (SSSR count). The molecule has 1 N–H and O–H groups in total. The first-order chi connectivity index (χ1) is 9.12. The first-order valence-electron chi connectivity index (χ1n) is 6.65. The van der Waals surface area contributed by atoms with Crippen LogP contribution in [0, 0.1) is 0 Å². The summed E-state index contributed by atoms with van der Waals surface area (Å²) in [7, 11) is 3.94. The van der Waals surface area contributed by atoms with Crippen molar-refractivity contribution in [3.8, 4) is 0 Å². The van der Waals surface area contributed by atoms with Crippen LogP contribution in [-0.4, -0.2) is 74.8 Å². The molecule has 1 fully saturated rings. The van der Waals surface area contributed by atoms with Gasteiger partial charge in [-0.05, 0) is 13.5 Å². The predicted octanol–water partition coefficient (Wildman–Crippen LogP) is 0.149. The summed E-state index contributed by atoms with van der Waals surface area (Å²) in [5, 5.41) is 8.75. The Hall–Kier alpha value is -1.56. The normalized spacial score (nSPS) is 17.7. The van der Waals surface area contributed by atoms with Gasteiger partial charge in [-0.2, -0.15) is 5.10 Å². The Morgan fingerprint density at radius 3 is 2.53 bits per heavy atom. The van der Waals surface area contributed by atoms with Crippen LogP contribution in [-0.2, 0) is 4.79 Å². The number of rotatable bonds is 7. The standard InChI is InChI=1S/C13H25N5O/c1-5-12(15-11-17(4)14-2)13(10-19)18-8-6-16(3)7-9-18/h10,15H,2,5-9,11H2,1,3-4H3/b13-12+. The molecule has 0 aromatic carbocycles. The van der Waals surface area contributed by atoms with Crippen LogP contribution in [0.2, 0.25) is 0 Å². The highest BCUT2D eigenvalue weighted by Gasteiger charge is 2.18. The second kappa shape index (κ2) is 7.78. The fourth-order valence-corrected chi connectivity index (χ4v) is 2.04. The molecule has 0 bridgehead atoms. The smallest absolute Gasteiger partial charge is 0.167 e. The molecule has 0 saturated carbocycles. The van der Waals surface area contributed by atoms with E-state index in [1.807, 2.05) is 14.0 Å². The summed E-state index contributed by atoms with van der Waals surface area (Å²) in [5.41, 5.74) is 1.74. The van der Waals surface area contributed by atoms with Crippen LogP contribution in [0.4, 0.5) is 0 Å². The minimum atomic E-state index is 0.553. The van der Waals surface area contributed by atoms with Crippen LogP contribution >= 0.6 is 0 Å². The van der Waals surface area contributed by atoms with E-state index in [1.54, 1.807) is 5.01 Å². The largest absolute Gasteiger partial charge is 0.368 e. The van der Waals surface area contributed by atoms with Crippen LogP contribution in [0.15, 0.2) is 16.5 Å². The summed E-state index contributed by atoms with van der Waals surface area (Å²) in [4.78, 5) is 15.8. The Labute approximate surface area is 115 Å². The zero-order valence-electron chi connectivity index (χ0n) is 12.2. The summed E-state index contributed by atoms with van der Waals surface area (Å²) in [5.74, 6) is 0. The molecule has 6 nitrogen and oxygen atoms in total. The lowest BCUT2D eigenvalue weighted by Gasteiger charge is -2.35. The lowest BCUT2D eigenvalue weighted by Crippen LogP contribution is -2.45. The van der Waals surface area contributed by atoms with E-state index in [-0.39, 0.29) is 0 Å².